The largest absolute Gasteiger partial charge is 0.416 e. The van der Waals surface area contributed by atoms with Crippen LogP contribution in [-0.4, -0.2) is 59.1 Å². The predicted octanol–water partition coefficient (Wildman–Crippen LogP) is 5.87. The molecule has 22 heteroatoms. The number of aryl methyl sites for hydroxylation is 1. The smallest absolute Gasteiger partial charge is 0.309 e. The van der Waals surface area contributed by atoms with Gasteiger partial charge in [0.25, 0.3) is 11.1 Å². The predicted molar refractivity (Wildman–Crippen MR) is 218 cm³/mol. The second-order valence-electron chi connectivity index (χ2n) is 14.6. The summed E-state index contributed by atoms with van der Waals surface area (Å²) >= 11 is 0. The molecule has 16 nitrogen and oxygen atoms in total. The molecule has 0 atom stereocenters. The van der Waals surface area contributed by atoms with Crippen LogP contribution >= 0.6 is 0 Å². The summed E-state index contributed by atoms with van der Waals surface area (Å²) in [6.45, 7) is 1.38. The molecular formula is C42H24F6N12O4. The Morgan fingerprint density at radius 1 is 0.578 bits per heavy atom. The van der Waals surface area contributed by atoms with E-state index < -0.39 is 46.0 Å². The van der Waals surface area contributed by atoms with Crippen LogP contribution in [0.2, 0.25) is 0 Å². The summed E-state index contributed by atoms with van der Waals surface area (Å²) < 4.78 is 85.5. The Hall–Kier alpha value is -8.56. The Morgan fingerprint density at radius 2 is 1.17 bits per heavy atom. The molecule has 0 amide bonds. The molecule has 0 aliphatic heterocycles. The first-order valence-corrected chi connectivity index (χ1v) is 18.9. The first-order valence-electron chi connectivity index (χ1n) is 18.9. The lowest BCUT2D eigenvalue weighted by molar-refractivity contribution is -0.138. The Morgan fingerprint density at radius 3 is 1.89 bits per heavy atom. The van der Waals surface area contributed by atoms with Crippen LogP contribution in [0.1, 0.15) is 28.1 Å². The van der Waals surface area contributed by atoms with Gasteiger partial charge in [0, 0.05) is 46.1 Å². The highest BCUT2D eigenvalue weighted by atomic mass is 19.4. The number of benzene rings is 4. The third kappa shape index (κ3) is 6.41. The van der Waals surface area contributed by atoms with Gasteiger partial charge in [-0.3, -0.25) is 19.6 Å². The van der Waals surface area contributed by atoms with E-state index in [9.17, 15) is 45.5 Å². The van der Waals surface area contributed by atoms with E-state index in [4.69, 9.17) is 0 Å². The Labute approximate surface area is 350 Å². The van der Waals surface area contributed by atoms with Crippen LogP contribution in [0.4, 0.5) is 26.3 Å². The monoisotopic (exact) mass is 874 g/mol. The molecular weight excluding hydrogens is 851 g/mol. The number of pyridine rings is 2. The first kappa shape index (κ1) is 39.6. The lowest BCUT2D eigenvalue weighted by Crippen LogP contribution is -2.38. The highest BCUT2D eigenvalue weighted by Crippen LogP contribution is 2.33. The molecule has 6 heterocycles. The van der Waals surface area contributed by atoms with Gasteiger partial charge in [-0.15, -0.1) is 10.2 Å². The minimum Gasteiger partial charge on any atom is -0.309 e. The van der Waals surface area contributed by atoms with Gasteiger partial charge in [0.1, 0.15) is 11.0 Å². The maximum Gasteiger partial charge on any atom is 0.416 e. The van der Waals surface area contributed by atoms with Crippen molar-refractivity contribution in [3.05, 3.63) is 173 Å². The molecule has 4 aromatic carbocycles. The Kier molecular flexibility index (Phi) is 8.81. The number of rotatable bonds is 6. The van der Waals surface area contributed by atoms with Crippen LogP contribution in [0.5, 0.6) is 0 Å². The van der Waals surface area contributed by atoms with E-state index in [0.29, 0.717) is 27.1 Å². The third-order valence-electron chi connectivity index (χ3n) is 10.7. The molecule has 2 N–H and O–H groups in total. The second-order valence-corrected chi connectivity index (χ2v) is 14.6. The van der Waals surface area contributed by atoms with Gasteiger partial charge in [0.15, 0.2) is 11.4 Å². The molecule has 0 saturated carbocycles. The topological polar surface area (TPSA) is 197 Å². The molecule has 0 aliphatic carbocycles. The Bertz CT molecular complexity index is 3820. The molecule has 0 saturated heterocycles. The zero-order valence-electron chi connectivity index (χ0n) is 32.4. The maximum absolute atomic E-state index is 14.7. The highest BCUT2D eigenvalue weighted by Gasteiger charge is 2.33. The van der Waals surface area contributed by atoms with E-state index in [1.807, 2.05) is 0 Å². The summed E-state index contributed by atoms with van der Waals surface area (Å²) in [4.78, 5) is 70.1. The summed E-state index contributed by atoms with van der Waals surface area (Å²) in [5.41, 5.74) is -5.78. The fraction of sp³-hybridized carbons (Fsp3) is 0.0952. The van der Waals surface area contributed by atoms with E-state index >= 15 is 0 Å². The number of hydrogen-bond donors (Lipinski definition) is 2. The van der Waals surface area contributed by atoms with E-state index in [1.165, 1.54) is 25.5 Å². The number of alkyl halides is 6. The van der Waals surface area contributed by atoms with Gasteiger partial charge < -0.3 is 9.97 Å². The number of halogens is 6. The number of H-pyrrole nitrogens is 2. The van der Waals surface area contributed by atoms with Gasteiger partial charge in [-0.25, -0.2) is 28.1 Å². The SMILES string of the molecule is Cc1[nH]c(=O)n(-c2cncc3cc(Cc4[nH]c(=O)n(-c5cncc6ccccc56)c(=O)c4-n4nnc5cc(C(F)(F)F)ccc54)ccc23)c(=O)c1-n1nnc2ccc(C(F)(F)F)cc21. The quantitative estimate of drug-likeness (QED) is 0.191. The van der Waals surface area contributed by atoms with Crippen LogP contribution in [0, 0.1) is 6.92 Å². The zero-order chi connectivity index (χ0) is 44.8. The molecule has 0 unspecified atom stereocenters. The number of hydrogen-bond acceptors (Lipinski definition) is 10. The lowest BCUT2D eigenvalue weighted by Gasteiger charge is -2.15. The van der Waals surface area contributed by atoms with Crippen LogP contribution < -0.4 is 22.5 Å². The second kappa shape index (κ2) is 14.3. The van der Waals surface area contributed by atoms with Crippen molar-refractivity contribution in [1.82, 2.24) is 59.1 Å². The number of nitrogens with one attached hydrogen (secondary N) is 2. The molecule has 0 fully saturated rings. The zero-order valence-corrected chi connectivity index (χ0v) is 32.4. The summed E-state index contributed by atoms with van der Waals surface area (Å²) in [6, 6.07) is 17.1. The minimum absolute atomic E-state index is 0.000753. The van der Waals surface area contributed by atoms with Gasteiger partial charge in [0.05, 0.1) is 51.6 Å². The minimum atomic E-state index is -4.71. The third-order valence-corrected chi connectivity index (χ3v) is 10.7. The molecule has 318 valence electrons. The van der Waals surface area contributed by atoms with Crippen molar-refractivity contribution in [3.63, 3.8) is 0 Å². The van der Waals surface area contributed by atoms with Gasteiger partial charge >= 0.3 is 23.7 Å². The van der Waals surface area contributed by atoms with Gasteiger partial charge in [-0.05, 0) is 55.0 Å². The molecule has 0 bridgehead atoms. The summed E-state index contributed by atoms with van der Waals surface area (Å²) in [6.07, 6.45) is -4.02. The lowest BCUT2D eigenvalue weighted by atomic mass is 10.0. The Balaban J connectivity index is 1.11. The molecule has 0 radical (unpaired) electrons. The first-order chi connectivity index (χ1) is 30.6. The average Bonchev–Trinajstić information content (AvgIpc) is 3.87. The van der Waals surface area contributed by atoms with Crippen LogP contribution in [0.3, 0.4) is 0 Å². The van der Waals surface area contributed by atoms with Crippen molar-refractivity contribution in [2.24, 2.45) is 0 Å². The highest BCUT2D eigenvalue weighted by molar-refractivity contribution is 5.90. The van der Waals surface area contributed by atoms with Crippen molar-refractivity contribution >= 4 is 43.6 Å². The van der Waals surface area contributed by atoms with E-state index in [0.717, 1.165) is 54.9 Å². The van der Waals surface area contributed by atoms with Crippen molar-refractivity contribution in [2.75, 3.05) is 0 Å². The van der Waals surface area contributed by atoms with Crippen molar-refractivity contribution in [1.29, 1.82) is 0 Å². The summed E-state index contributed by atoms with van der Waals surface area (Å²) in [5, 5.41) is 17.6. The number of nitrogens with zero attached hydrogens (tertiary/aromatic N) is 10. The van der Waals surface area contributed by atoms with Crippen molar-refractivity contribution in [2.45, 2.75) is 25.7 Å². The molecule has 10 aromatic rings. The number of fused-ring (bicyclic) bond motifs is 4. The standard InChI is InChI=1S/C42H24F6N12O4/c1-20-35(60-32-15-25(42(46,47)48)7-10-28(32)53-55-60)37(61)57(39(63)51-20)34-19-50-17-23-12-21(6-9-27(23)34)13-30-36(59-31-11-8-24(41(43,44)45)14-29(31)54-56-59)38(62)58(40(64)52-30)33-18-49-16-22-4-2-3-5-26(22)33/h2-12,14-19H,13H2,1H3,(H,51,63)(H,52,64). The molecule has 6 aromatic heterocycles. The number of aromatic nitrogens is 12. The molecule has 0 spiro atoms. The van der Waals surface area contributed by atoms with Crippen LogP contribution in [-0.2, 0) is 18.8 Å². The average molecular weight is 875 g/mol. The van der Waals surface area contributed by atoms with E-state index in [1.54, 1.807) is 48.7 Å². The van der Waals surface area contributed by atoms with E-state index in [2.05, 4.69) is 40.6 Å². The maximum atomic E-state index is 14.7. The summed E-state index contributed by atoms with van der Waals surface area (Å²) in [5.74, 6) is 0. The van der Waals surface area contributed by atoms with Crippen molar-refractivity contribution in [3.8, 4) is 22.7 Å². The van der Waals surface area contributed by atoms with Crippen molar-refractivity contribution < 1.29 is 26.3 Å². The summed E-state index contributed by atoms with van der Waals surface area (Å²) in [7, 11) is 0. The van der Waals surface area contributed by atoms with E-state index in [-0.39, 0.29) is 62.6 Å². The molecule has 10 rings (SSSR count). The van der Waals surface area contributed by atoms with Crippen LogP contribution in [0.15, 0.2) is 123 Å². The van der Waals surface area contributed by atoms with Gasteiger partial charge in [0.2, 0.25) is 0 Å². The fourth-order valence-electron chi connectivity index (χ4n) is 7.75. The molecule has 64 heavy (non-hydrogen) atoms. The normalized spacial score (nSPS) is 12.3. The number of aromatic amines is 2. The van der Waals surface area contributed by atoms with Crippen LogP contribution in [0.25, 0.3) is 66.4 Å². The fourth-order valence-corrected chi connectivity index (χ4v) is 7.75. The van der Waals surface area contributed by atoms with Gasteiger partial charge in [-0.1, -0.05) is 46.8 Å². The molecule has 0 aliphatic rings. The van der Waals surface area contributed by atoms with Gasteiger partial charge in [-0.2, -0.15) is 26.3 Å².